The van der Waals surface area contributed by atoms with Crippen molar-refractivity contribution in [2.24, 2.45) is 5.92 Å². The Morgan fingerprint density at radius 2 is 1.45 bits per heavy atom. The molecule has 5 atom stereocenters. The Kier molecular flexibility index (Phi) is 11.2. The zero-order valence-corrected chi connectivity index (χ0v) is 33.2. The number of aromatic amines is 2. The molecule has 3 aromatic carbocycles. The van der Waals surface area contributed by atoms with E-state index in [9.17, 15) is 19.5 Å². The van der Waals surface area contributed by atoms with Gasteiger partial charge in [-0.05, 0) is 59.4 Å². The highest BCUT2D eigenvalue weighted by Gasteiger charge is 2.51. The minimum atomic E-state index is -1.16. The Hall–Kier alpha value is -5.79. The molecule has 3 aliphatic rings. The van der Waals surface area contributed by atoms with Crippen molar-refractivity contribution in [1.29, 1.82) is 0 Å². The average molecular weight is 786 g/mol. The van der Waals surface area contributed by atoms with Crippen LogP contribution in [0.2, 0.25) is 0 Å². The molecular weight excluding hydrogens is 735 g/mol. The van der Waals surface area contributed by atoms with Crippen molar-refractivity contribution in [3.05, 3.63) is 108 Å². The number of carbonyl (C=O) groups excluding carboxylic acids is 3. The van der Waals surface area contributed by atoms with E-state index in [0.29, 0.717) is 31.9 Å². The van der Waals surface area contributed by atoms with Crippen molar-refractivity contribution < 1.29 is 29.0 Å². The first-order valence-electron chi connectivity index (χ1n) is 20.2. The summed E-state index contributed by atoms with van der Waals surface area (Å²) < 4.78 is 11.0. The number of aliphatic hydroxyl groups excluding tert-OH is 1. The van der Waals surface area contributed by atoms with Gasteiger partial charge in [0.15, 0.2) is 0 Å². The summed E-state index contributed by atoms with van der Waals surface area (Å²) in [5.74, 6) is 0.862. The molecule has 5 aromatic rings. The molecule has 0 aliphatic carbocycles. The van der Waals surface area contributed by atoms with Crippen LogP contribution in [0.4, 0.5) is 4.79 Å². The topological polar surface area (TPSA) is 166 Å². The van der Waals surface area contributed by atoms with Crippen molar-refractivity contribution in [3.8, 4) is 33.6 Å². The molecule has 3 amide bonds. The molecule has 5 heterocycles. The summed E-state index contributed by atoms with van der Waals surface area (Å²) in [5, 5.41) is 13.7. The number of rotatable bonds is 11. The van der Waals surface area contributed by atoms with Crippen LogP contribution in [-0.2, 0) is 25.5 Å². The van der Waals surface area contributed by atoms with Gasteiger partial charge in [0, 0.05) is 26.0 Å². The van der Waals surface area contributed by atoms with E-state index in [2.05, 4.69) is 68.8 Å². The van der Waals surface area contributed by atoms with E-state index < -0.39 is 23.8 Å². The van der Waals surface area contributed by atoms with Crippen LogP contribution in [0, 0.1) is 5.92 Å². The molecule has 0 unspecified atom stereocenters. The van der Waals surface area contributed by atoms with Crippen LogP contribution in [0.3, 0.4) is 0 Å². The Balaban J connectivity index is 0.933. The molecule has 4 N–H and O–H groups in total. The lowest BCUT2D eigenvalue weighted by atomic mass is 9.96. The molecule has 58 heavy (non-hydrogen) atoms. The number of hydrogen-bond donors (Lipinski definition) is 4. The minimum absolute atomic E-state index is 0.105. The number of methoxy groups -OCH3 is 1. The SMILES string of the molecule is COC(=O)N[C@H](C(=O)N1CCC[C@H]1c1ncc(-c2ccc(-c3ccc(-c4cnc([C@@H]5C[C@@]6(CCCO6)CN5C(=O)[C@@H](O)Cc5ccccc5)[nH]4)cc3)cc2)[nH]1)C(C)C. The van der Waals surface area contributed by atoms with E-state index in [1.807, 2.05) is 55.3 Å². The van der Waals surface area contributed by atoms with Crippen LogP contribution in [-0.4, -0.2) is 97.3 Å². The number of hydrogen-bond acceptors (Lipinski definition) is 8. The number of ether oxygens (including phenoxy) is 2. The van der Waals surface area contributed by atoms with Crippen LogP contribution >= 0.6 is 0 Å². The second-order valence-corrected chi connectivity index (χ2v) is 16.1. The van der Waals surface area contributed by atoms with E-state index >= 15 is 0 Å². The van der Waals surface area contributed by atoms with E-state index in [0.717, 1.165) is 70.7 Å². The largest absolute Gasteiger partial charge is 0.453 e. The highest BCUT2D eigenvalue weighted by atomic mass is 16.5. The molecule has 3 fully saturated rings. The maximum atomic E-state index is 13.7. The van der Waals surface area contributed by atoms with Crippen LogP contribution in [0.25, 0.3) is 33.6 Å². The Bertz CT molecular complexity index is 2210. The summed E-state index contributed by atoms with van der Waals surface area (Å²) >= 11 is 0. The number of nitrogens with zero attached hydrogens (tertiary/aromatic N) is 4. The summed E-state index contributed by atoms with van der Waals surface area (Å²) in [6.07, 6.45) is 6.17. The average Bonchev–Trinajstić information content (AvgIpc) is 4.11. The number of benzene rings is 3. The normalized spacial score (nSPS) is 21.5. The summed E-state index contributed by atoms with van der Waals surface area (Å²) in [6, 6.07) is 24.9. The van der Waals surface area contributed by atoms with Crippen molar-refractivity contribution >= 4 is 17.9 Å². The molecule has 2 aromatic heterocycles. The third-order valence-corrected chi connectivity index (χ3v) is 11.9. The van der Waals surface area contributed by atoms with Crippen LogP contribution in [0.1, 0.15) is 75.2 Å². The molecular formula is C45H51N7O6. The van der Waals surface area contributed by atoms with Gasteiger partial charge >= 0.3 is 6.09 Å². The smallest absolute Gasteiger partial charge is 0.407 e. The standard InChI is InChI=1S/C45H51N7O6/c1-28(2)39(50-44(56)57-3)43(55)51-21-7-11-36(51)40-46-25-34(48-40)32-16-12-30(13-17-32)31-14-18-33(19-15-31)35-26-47-41(49-35)37-24-45(20-8-22-58-45)27-52(37)42(54)38(53)23-29-9-5-4-6-10-29/h4-6,9-10,12-19,25-26,28,36-39,53H,7-8,11,20-24,27H2,1-3H3,(H,46,48)(H,47,49)(H,50,56)/t36-,37-,38-,39-,45-/m0/s1. The van der Waals surface area contributed by atoms with Crippen LogP contribution in [0.15, 0.2) is 91.3 Å². The molecule has 13 heteroatoms. The van der Waals surface area contributed by atoms with Crippen molar-refractivity contribution in [3.63, 3.8) is 0 Å². The number of nitrogens with one attached hydrogen (secondary N) is 3. The fraction of sp³-hybridized carbons (Fsp3) is 0.400. The van der Waals surface area contributed by atoms with Gasteiger partial charge in [0.2, 0.25) is 5.91 Å². The molecule has 0 bridgehead atoms. The van der Waals surface area contributed by atoms with Gasteiger partial charge in [-0.25, -0.2) is 14.8 Å². The number of aliphatic hydroxyl groups is 1. The zero-order chi connectivity index (χ0) is 40.4. The molecule has 0 saturated carbocycles. The molecule has 13 nitrogen and oxygen atoms in total. The highest BCUT2D eigenvalue weighted by molar-refractivity contribution is 5.86. The predicted molar refractivity (Wildman–Crippen MR) is 218 cm³/mol. The van der Waals surface area contributed by atoms with E-state index in [1.165, 1.54) is 7.11 Å². The van der Waals surface area contributed by atoms with Crippen molar-refractivity contribution in [2.45, 2.75) is 82.2 Å². The summed E-state index contributed by atoms with van der Waals surface area (Å²) in [6.45, 7) is 5.51. The van der Waals surface area contributed by atoms with Gasteiger partial charge in [-0.2, -0.15) is 0 Å². The zero-order valence-electron chi connectivity index (χ0n) is 33.2. The first kappa shape index (κ1) is 39.1. The molecule has 3 saturated heterocycles. The fourth-order valence-electron chi connectivity index (χ4n) is 8.76. The van der Waals surface area contributed by atoms with E-state index in [4.69, 9.17) is 14.5 Å². The first-order chi connectivity index (χ1) is 28.1. The lowest BCUT2D eigenvalue weighted by Crippen LogP contribution is -2.51. The molecule has 302 valence electrons. The molecule has 0 radical (unpaired) electrons. The third kappa shape index (κ3) is 8.01. The van der Waals surface area contributed by atoms with Gasteiger partial charge in [-0.15, -0.1) is 0 Å². The number of H-pyrrole nitrogens is 2. The van der Waals surface area contributed by atoms with Gasteiger partial charge in [0.1, 0.15) is 23.8 Å². The molecule has 8 rings (SSSR count). The summed E-state index contributed by atoms with van der Waals surface area (Å²) in [4.78, 5) is 59.2. The van der Waals surface area contributed by atoms with E-state index in [1.54, 1.807) is 11.1 Å². The summed E-state index contributed by atoms with van der Waals surface area (Å²) in [5.41, 5.74) is 6.26. The molecule has 1 spiro atoms. The Labute approximate surface area is 338 Å². The Morgan fingerprint density at radius 1 is 0.845 bits per heavy atom. The maximum Gasteiger partial charge on any atom is 0.407 e. The van der Waals surface area contributed by atoms with E-state index in [-0.39, 0.29) is 36.2 Å². The number of aromatic nitrogens is 4. The second kappa shape index (κ2) is 16.6. The van der Waals surface area contributed by atoms with Gasteiger partial charge < -0.3 is 39.7 Å². The van der Waals surface area contributed by atoms with Crippen LogP contribution in [0.5, 0.6) is 0 Å². The Morgan fingerprint density at radius 3 is 2.02 bits per heavy atom. The van der Waals surface area contributed by atoms with Gasteiger partial charge in [-0.3, -0.25) is 9.59 Å². The predicted octanol–water partition coefficient (Wildman–Crippen LogP) is 6.60. The molecule has 3 aliphatic heterocycles. The quantitative estimate of drug-likeness (QED) is 0.116. The number of carbonyl (C=O) groups is 3. The lowest BCUT2D eigenvalue weighted by Gasteiger charge is -2.30. The number of amides is 3. The highest BCUT2D eigenvalue weighted by Crippen LogP contribution is 2.45. The lowest BCUT2D eigenvalue weighted by molar-refractivity contribution is -0.142. The third-order valence-electron chi connectivity index (χ3n) is 11.9. The van der Waals surface area contributed by atoms with Crippen LogP contribution < -0.4 is 5.32 Å². The van der Waals surface area contributed by atoms with Crippen molar-refractivity contribution in [2.75, 3.05) is 26.8 Å². The van der Waals surface area contributed by atoms with Gasteiger partial charge in [0.05, 0.1) is 55.1 Å². The fourth-order valence-corrected chi connectivity index (χ4v) is 8.76. The first-order valence-corrected chi connectivity index (χ1v) is 20.2. The van der Waals surface area contributed by atoms with Gasteiger partial charge in [-0.1, -0.05) is 92.7 Å². The van der Waals surface area contributed by atoms with Crippen molar-refractivity contribution in [1.82, 2.24) is 35.1 Å². The number of alkyl carbamates (subject to hydrolysis) is 1. The number of imidazole rings is 2. The second-order valence-electron chi connectivity index (χ2n) is 16.1. The monoisotopic (exact) mass is 785 g/mol. The van der Waals surface area contributed by atoms with Gasteiger partial charge in [0.25, 0.3) is 5.91 Å². The minimum Gasteiger partial charge on any atom is -0.453 e. The number of likely N-dealkylation sites (tertiary alicyclic amines) is 2. The maximum absolute atomic E-state index is 13.7. The summed E-state index contributed by atoms with van der Waals surface area (Å²) in [7, 11) is 1.29.